The minimum Gasteiger partial charge on any atom is -0.334 e. The van der Waals surface area contributed by atoms with E-state index >= 15 is 0 Å². The summed E-state index contributed by atoms with van der Waals surface area (Å²) in [6, 6.07) is 0.473. The molecule has 0 radical (unpaired) electrons. The lowest BCUT2D eigenvalue weighted by atomic mass is 9.85. The van der Waals surface area contributed by atoms with Crippen molar-refractivity contribution >= 4 is 17.2 Å². The Morgan fingerprint density at radius 1 is 1.42 bits per heavy atom. The lowest BCUT2D eigenvalue weighted by Gasteiger charge is -2.31. The first-order chi connectivity index (χ1) is 9.29. The highest BCUT2D eigenvalue weighted by Gasteiger charge is 2.38. The Balaban J connectivity index is 1.72. The summed E-state index contributed by atoms with van der Waals surface area (Å²) in [5.74, 6) is 0.869. The summed E-state index contributed by atoms with van der Waals surface area (Å²) in [6.45, 7) is 1.51. The van der Waals surface area contributed by atoms with Crippen LogP contribution in [0, 0.1) is 5.92 Å². The van der Waals surface area contributed by atoms with Crippen molar-refractivity contribution in [3.63, 3.8) is 0 Å². The van der Waals surface area contributed by atoms with Crippen LogP contribution in [-0.2, 0) is 6.42 Å². The summed E-state index contributed by atoms with van der Waals surface area (Å²) in [7, 11) is 0. The number of likely N-dealkylation sites (tertiary alicyclic amines) is 1. The molecule has 104 valence electrons. The summed E-state index contributed by atoms with van der Waals surface area (Å²) in [5.41, 5.74) is 6.15. The van der Waals surface area contributed by atoms with Gasteiger partial charge in [-0.1, -0.05) is 12.8 Å². The van der Waals surface area contributed by atoms with Crippen LogP contribution in [0.4, 0.5) is 0 Å². The zero-order chi connectivity index (χ0) is 13.2. The van der Waals surface area contributed by atoms with Crippen LogP contribution in [0.2, 0.25) is 0 Å². The van der Waals surface area contributed by atoms with Crippen molar-refractivity contribution in [2.75, 3.05) is 13.1 Å². The molecule has 0 aromatic carbocycles. The molecular formula is C14H21N3OS. The minimum atomic E-state index is 0.133. The molecule has 0 bridgehead atoms. The van der Waals surface area contributed by atoms with Gasteiger partial charge in [0.2, 0.25) is 0 Å². The van der Waals surface area contributed by atoms with Crippen LogP contribution in [0.25, 0.3) is 0 Å². The molecule has 1 aromatic heterocycles. The van der Waals surface area contributed by atoms with Crippen molar-refractivity contribution in [3.05, 3.63) is 16.1 Å². The molecule has 2 aliphatic rings. The van der Waals surface area contributed by atoms with E-state index in [1.165, 1.54) is 32.1 Å². The third kappa shape index (κ3) is 2.54. The van der Waals surface area contributed by atoms with E-state index in [2.05, 4.69) is 9.88 Å². The zero-order valence-corrected chi connectivity index (χ0v) is 12.0. The van der Waals surface area contributed by atoms with Gasteiger partial charge in [0.15, 0.2) is 0 Å². The van der Waals surface area contributed by atoms with Crippen LogP contribution in [0.1, 0.15) is 47.6 Å². The lowest BCUT2D eigenvalue weighted by Crippen LogP contribution is -2.39. The number of hydrogen-bond acceptors (Lipinski definition) is 4. The van der Waals surface area contributed by atoms with Crippen LogP contribution < -0.4 is 5.73 Å². The number of carbonyl (C=O) groups is 1. The number of thiazole rings is 1. The largest absolute Gasteiger partial charge is 0.334 e. The van der Waals surface area contributed by atoms with Crippen molar-refractivity contribution in [2.45, 2.75) is 44.6 Å². The molecule has 1 aliphatic heterocycles. The molecule has 0 spiro atoms. The minimum absolute atomic E-state index is 0.133. The fraction of sp³-hybridized carbons (Fsp3) is 0.714. The lowest BCUT2D eigenvalue weighted by molar-refractivity contribution is 0.0685. The first-order valence-electron chi connectivity index (χ1n) is 7.25. The van der Waals surface area contributed by atoms with Gasteiger partial charge in [-0.3, -0.25) is 4.79 Å². The Morgan fingerprint density at radius 3 is 3.11 bits per heavy atom. The summed E-state index contributed by atoms with van der Waals surface area (Å²) < 4.78 is 0. The second-order valence-electron chi connectivity index (χ2n) is 5.56. The SMILES string of the molecule is NCCc1nc(C(=O)N2CCC3CCCCC32)cs1. The number of aromatic nitrogens is 1. The third-order valence-corrected chi connectivity index (χ3v) is 5.31. The van der Waals surface area contributed by atoms with Crippen LogP contribution in [0.15, 0.2) is 5.38 Å². The highest BCUT2D eigenvalue weighted by Crippen LogP contribution is 2.36. The van der Waals surface area contributed by atoms with Gasteiger partial charge in [-0.15, -0.1) is 11.3 Å². The summed E-state index contributed by atoms with van der Waals surface area (Å²) in [4.78, 5) is 19.1. The van der Waals surface area contributed by atoms with Gasteiger partial charge < -0.3 is 10.6 Å². The second-order valence-corrected chi connectivity index (χ2v) is 6.51. The van der Waals surface area contributed by atoms with E-state index < -0.39 is 0 Å². The Morgan fingerprint density at radius 2 is 2.26 bits per heavy atom. The average Bonchev–Trinajstić information content (AvgIpc) is 3.05. The molecule has 2 atom stereocenters. The van der Waals surface area contributed by atoms with E-state index in [1.54, 1.807) is 11.3 Å². The maximum atomic E-state index is 12.6. The van der Waals surface area contributed by atoms with E-state index in [4.69, 9.17) is 5.73 Å². The number of amides is 1. The predicted molar refractivity (Wildman–Crippen MR) is 76.3 cm³/mol. The van der Waals surface area contributed by atoms with Gasteiger partial charge in [-0.2, -0.15) is 0 Å². The first-order valence-corrected chi connectivity index (χ1v) is 8.13. The van der Waals surface area contributed by atoms with E-state index in [0.29, 0.717) is 18.3 Å². The molecule has 3 rings (SSSR count). The van der Waals surface area contributed by atoms with Gasteiger partial charge >= 0.3 is 0 Å². The molecule has 1 saturated heterocycles. The standard InChI is InChI=1S/C14H21N3OS/c15-7-5-13-16-11(9-19-13)14(18)17-8-6-10-3-1-2-4-12(10)17/h9-10,12H,1-8,15H2. The predicted octanol–water partition coefficient (Wildman–Crippen LogP) is 2.05. The molecule has 1 aliphatic carbocycles. The quantitative estimate of drug-likeness (QED) is 0.921. The van der Waals surface area contributed by atoms with E-state index in [-0.39, 0.29) is 5.91 Å². The maximum Gasteiger partial charge on any atom is 0.273 e. The summed E-state index contributed by atoms with van der Waals surface area (Å²) in [6.07, 6.45) is 7.02. The fourth-order valence-electron chi connectivity index (χ4n) is 3.45. The first kappa shape index (κ1) is 13.1. The summed E-state index contributed by atoms with van der Waals surface area (Å²) in [5, 5.41) is 2.87. The monoisotopic (exact) mass is 279 g/mol. The molecule has 19 heavy (non-hydrogen) atoms. The molecule has 4 nitrogen and oxygen atoms in total. The number of hydrogen-bond donors (Lipinski definition) is 1. The van der Waals surface area contributed by atoms with E-state index in [0.717, 1.165) is 23.9 Å². The van der Waals surface area contributed by atoms with Gasteiger partial charge in [-0.05, 0) is 31.7 Å². The van der Waals surface area contributed by atoms with Crippen LogP contribution >= 0.6 is 11.3 Å². The Kier molecular flexibility index (Phi) is 3.84. The highest BCUT2D eigenvalue weighted by molar-refractivity contribution is 7.09. The fourth-order valence-corrected chi connectivity index (χ4v) is 4.24. The van der Waals surface area contributed by atoms with Crippen LogP contribution in [0.5, 0.6) is 0 Å². The topological polar surface area (TPSA) is 59.2 Å². The molecule has 2 unspecified atom stereocenters. The average molecular weight is 279 g/mol. The van der Waals surface area contributed by atoms with Crippen molar-refractivity contribution in [1.29, 1.82) is 0 Å². The molecule has 1 amide bonds. The van der Waals surface area contributed by atoms with Crippen molar-refractivity contribution in [1.82, 2.24) is 9.88 Å². The van der Waals surface area contributed by atoms with Gasteiger partial charge in [-0.25, -0.2) is 4.98 Å². The van der Waals surface area contributed by atoms with Gasteiger partial charge in [0.05, 0.1) is 5.01 Å². The van der Waals surface area contributed by atoms with Crippen molar-refractivity contribution in [3.8, 4) is 0 Å². The second kappa shape index (κ2) is 5.59. The van der Waals surface area contributed by atoms with Crippen LogP contribution in [0.3, 0.4) is 0 Å². The number of nitrogens with zero attached hydrogens (tertiary/aromatic N) is 2. The van der Waals surface area contributed by atoms with Gasteiger partial charge in [0.25, 0.3) is 5.91 Å². The molecular weight excluding hydrogens is 258 g/mol. The van der Waals surface area contributed by atoms with Gasteiger partial charge in [0.1, 0.15) is 5.69 Å². The number of carbonyl (C=O) groups excluding carboxylic acids is 1. The highest BCUT2D eigenvalue weighted by atomic mass is 32.1. The maximum absolute atomic E-state index is 12.6. The number of nitrogens with two attached hydrogens (primary N) is 1. The van der Waals surface area contributed by atoms with E-state index in [9.17, 15) is 4.79 Å². The Labute approximate surface area is 118 Å². The smallest absolute Gasteiger partial charge is 0.273 e. The van der Waals surface area contributed by atoms with Crippen molar-refractivity contribution in [2.24, 2.45) is 11.7 Å². The number of fused-ring (bicyclic) bond motifs is 1. The van der Waals surface area contributed by atoms with Crippen LogP contribution in [-0.4, -0.2) is 34.9 Å². The molecule has 2 N–H and O–H groups in total. The van der Waals surface area contributed by atoms with Gasteiger partial charge in [0, 0.05) is 24.4 Å². The number of rotatable bonds is 3. The molecule has 1 saturated carbocycles. The normalized spacial score (nSPS) is 26.5. The third-order valence-electron chi connectivity index (χ3n) is 4.40. The van der Waals surface area contributed by atoms with E-state index in [1.807, 2.05) is 5.38 Å². The Bertz CT molecular complexity index is 459. The summed E-state index contributed by atoms with van der Waals surface area (Å²) >= 11 is 1.55. The molecule has 2 fully saturated rings. The molecule has 1 aromatic rings. The molecule has 5 heteroatoms. The molecule has 2 heterocycles. The Hall–Kier alpha value is -0.940. The zero-order valence-electron chi connectivity index (χ0n) is 11.2. The van der Waals surface area contributed by atoms with Crippen molar-refractivity contribution < 1.29 is 4.79 Å².